The van der Waals surface area contributed by atoms with Crippen molar-refractivity contribution in [3.63, 3.8) is 0 Å². The molecule has 3 aromatic rings. The molecule has 0 saturated heterocycles. The van der Waals surface area contributed by atoms with Crippen LogP contribution in [0.1, 0.15) is 15.9 Å². The molecule has 2 aromatic carbocycles. The maximum atomic E-state index is 12.5. The molecule has 4 rings (SSSR count). The summed E-state index contributed by atoms with van der Waals surface area (Å²) in [7, 11) is 1.56. The number of aromatic nitrogens is 2. The molecule has 2 N–H and O–H groups in total. The summed E-state index contributed by atoms with van der Waals surface area (Å²) in [5, 5.41) is 5.89. The van der Waals surface area contributed by atoms with Crippen molar-refractivity contribution in [2.75, 3.05) is 24.5 Å². The summed E-state index contributed by atoms with van der Waals surface area (Å²) in [6.07, 6.45) is 2.92. The molecule has 8 nitrogen and oxygen atoms in total. The topological polar surface area (TPSA) is 94.6 Å². The summed E-state index contributed by atoms with van der Waals surface area (Å²) < 4.78 is 15.9. The number of hydrogen-bond donors (Lipinski definition) is 2. The number of benzene rings is 2. The van der Waals surface area contributed by atoms with E-state index >= 15 is 0 Å². The van der Waals surface area contributed by atoms with Crippen molar-refractivity contribution in [3.8, 4) is 17.2 Å². The van der Waals surface area contributed by atoms with E-state index in [0.717, 1.165) is 11.3 Å². The van der Waals surface area contributed by atoms with Gasteiger partial charge in [-0.15, -0.1) is 0 Å². The molecule has 1 aliphatic heterocycles. The summed E-state index contributed by atoms with van der Waals surface area (Å²) in [5.41, 5.74) is 2.69. The summed E-state index contributed by atoms with van der Waals surface area (Å²) >= 11 is 0. The monoisotopic (exact) mass is 378 g/mol. The highest BCUT2D eigenvalue weighted by atomic mass is 16.7. The van der Waals surface area contributed by atoms with E-state index in [4.69, 9.17) is 14.2 Å². The van der Waals surface area contributed by atoms with Crippen LogP contribution >= 0.6 is 0 Å². The molecule has 0 atom stereocenters. The Bertz CT molecular complexity index is 1020. The van der Waals surface area contributed by atoms with Crippen LogP contribution in [0.15, 0.2) is 48.8 Å². The van der Waals surface area contributed by atoms with Crippen LogP contribution in [0.2, 0.25) is 0 Å². The fraction of sp³-hybridized carbons (Fsp3) is 0.150. The van der Waals surface area contributed by atoms with Crippen LogP contribution in [0.5, 0.6) is 17.2 Å². The smallest absolute Gasteiger partial charge is 0.258 e. The number of anilines is 3. The lowest BCUT2D eigenvalue weighted by molar-refractivity contribution is 0.102. The first-order valence-electron chi connectivity index (χ1n) is 8.57. The van der Waals surface area contributed by atoms with Gasteiger partial charge >= 0.3 is 0 Å². The lowest BCUT2D eigenvalue weighted by atomic mass is 10.2. The lowest BCUT2D eigenvalue weighted by Crippen LogP contribution is -2.14. The molecule has 0 unspecified atom stereocenters. The third-order valence-electron chi connectivity index (χ3n) is 4.15. The maximum absolute atomic E-state index is 12.5. The van der Waals surface area contributed by atoms with Crippen molar-refractivity contribution in [2.24, 2.45) is 0 Å². The highest BCUT2D eigenvalue weighted by molar-refractivity contribution is 6.04. The molecule has 28 heavy (non-hydrogen) atoms. The predicted octanol–water partition coefficient (Wildman–Crippen LogP) is 3.52. The van der Waals surface area contributed by atoms with Crippen molar-refractivity contribution in [1.29, 1.82) is 0 Å². The third-order valence-corrected chi connectivity index (χ3v) is 4.15. The second-order valence-electron chi connectivity index (χ2n) is 6.15. The van der Waals surface area contributed by atoms with E-state index in [1.54, 1.807) is 19.2 Å². The van der Waals surface area contributed by atoms with Crippen LogP contribution in [-0.2, 0) is 0 Å². The number of hydrogen-bond acceptors (Lipinski definition) is 7. The Hall–Kier alpha value is -3.81. The average Bonchev–Trinajstić information content (AvgIpc) is 3.16. The van der Waals surface area contributed by atoms with E-state index in [2.05, 4.69) is 20.6 Å². The number of methoxy groups -OCH3 is 1. The summed E-state index contributed by atoms with van der Waals surface area (Å²) in [5.74, 6) is 1.99. The van der Waals surface area contributed by atoms with E-state index in [9.17, 15) is 4.79 Å². The van der Waals surface area contributed by atoms with Crippen LogP contribution in [0.4, 0.5) is 17.3 Å². The molecule has 8 heteroatoms. The Balaban J connectivity index is 1.46. The Kier molecular flexibility index (Phi) is 4.67. The number of aryl methyl sites for hydroxylation is 1. The number of carbonyl (C=O) groups is 1. The molecule has 2 heterocycles. The molecule has 0 fully saturated rings. The zero-order chi connectivity index (χ0) is 19.5. The third kappa shape index (κ3) is 3.66. The first-order chi connectivity index (χ1) is 13.6. The van der Waals surface area contributed by atoms with Gasteiger partial charge in [-0.25, -0.2) is 9.97 Å². The highest BCUT2D eigenvalue weighted by Gasteiger charge is 2.14. The van der Waals surface area contributed by atoms with Gasteiger partial charge in [0.25, 0.3) is 5.91 Å². The first kappa shape index (κ1) is 17.6. The molecular formula is C20H18N4O4. The van der Waals surface area contributed by atoms with Crippen molar-refractivity contribution in [3.05, 3.63) is 59.9 Å². The predicted molar refractivity (Wildman–Crippen MR) is 104 cm³/mol. The van der Waals surface area contributed by atoms with E-state index in [-0.39, 0.29) is 12.7 Å². The van der Waals surface area contributed by atoms with Crippen molar-refractivity contribution < 1.29 is 19.0 Å². The minimum atomic E-state index is -0.321. The number of rotatable bonds is 5. The van der Waals surface area contributed by atoms with Gasteiger partial charge in [-0.1, -0.05) is 6.07 Å². The van der Waals surface area contributed by atoms with Gasteiger partial charge < -0.3 is 24.8 Å². The number of fused-ring (bicyclic) bond motifs is 1. The van der Waals surface area contributed by atoms with Crippen LogP contribution < -0.4 is 24.8 Å². The lowest BCUT2D eigenvalue weighted by Gasteiger charge is -2.11. The van der Waals surface area contributed by atoms with Gasteiger partial charge in [0.15, 0.2) is 11.5 Å². The normalized spacial score (nSPS) is 11.8. The van der Waals surface area contributed by atoms with Gasteiger partial charge in [0.05, 0.1) is 18.4 Å². The van der Waals surface area contributed by atoms with Gasteiger partial charge in [0.2, 0.25) is 12.7 Å². The van der Waals surface area contributed by atoms with E-state index in [1.807, 2.05) is 31.2 Å². The standard InChI is InChI=1S/C20H18N4O4/c1-12-3-5-16(26-2)15(7-12)24-19(25)13-9-21-20(22-10-13)23-14-4-6-17-18(8-14)28-11-27-17/h3-10H,11H2,1-2H3,(H,24,25)(H,21,22,23). The van der Waals surface area contributed by atoms with Crippen LogP contribution in [-0.4, -0.2) is 29.8 Å². The number of amides is 1. The van der Waals surface area contributed by atoms with Gasteiger partial charge in [0.1, 0.15) is 5.75 Å². The average molecular weight is 378 g/mol. The molecule has 0 saturated carbocycles. The SMILES string of the molecule is COc1ccc(C)cc1NC(=O)c1cnc(Nc2ccc3c(c2)OCO3)nc1. The van der Waals surface area contributed by atoms with Gasteiger partial charge in [-0.2, -0.15) is 0 Å². The molecule has 1 aliphatic rings. The molecular weight excluding hydrogens is 360 g/mol. The van der Waals surface area contributed by atoms with Crippen LogP contribution in [0, 0.1) is 6.92 Å². The highest BCUT2D eigenvalue weighted by Crippen LogP contribution is 2.34. The molecule has 1 aromatic heterocycles. The minimum Gasteiger partial charge on any atom is -0.495 e. The van der Waals surface area contributed by atoms with E-state index < -0.39 is 0 Å². The van der Waals surface area contributed by atoms with Gasteiger partial charge in [-0.3, -0.25) is 4.79 Å². The molecule has 1 amide bonds. The summed E-state index contributed by atoms with van der Waals surface area (Å²) in [4.78, 5) is 20.9. The largest absolute Gasteiger partial charge is 0.495 e. The molecule has 142 valence electrons. The second kappa shape index (κ2) is 7.43. The maximum Gasteiger partial charge on any atom is 0.258 e. The van der Waals surface area contributed by atoms with E-state index in [0.29, 0.717) is 34.4 Å². The number of nitrogens with zero attached hydrogens (tertiary/aromatic N) is 2. The Morgan fingerprint density at radius 1 is 1.07 bits per heavy atom. The molecule has 0 aliphatic carbocycles. The second-order valence-corrected chi connectivity index (χ2v) is 6.15. The van der Waals surface area contributed by atoms with Crippen LogP contribution in [0.25, 0.3) is 0 Å². The zero-order valence-corrected chi connectivity index (χ0v) is 15.4. The Morgan fingerprint density at radius 2 is 1.86 bits per heavy atom. The Morgan fingerprint density at radius 3 is 2.64 bits per heavy atom. The van der Waals surface area contributed by atoms with Crippen molar-refractivity contribution >= 4 is 23.2 Å². The molecule has 0 bridgehead atoms. The number of carbonyl (C=O) groups excluding carboxylic acids is 1. The number of ether oxygens (including phenoxy) is 3. The fourth-order valence-corrected chi connectivity index (χ4v) is 2.73. The van der Waals surface area contributed by atoms with Crippen molar-refractivity contribution in [1.82, 2.24) is 9.97 Å². The number of nitrogens with one attached hydrogen (secondary N) is 2. The fourth-order valence-electron chi connectivity index (χ4n) is 2.73. The Labute approximate surface area is 161 Å². The summed E-state index contributed by atoms with van der Waals surface area (Å²) in [6.45, 7) is 2.15. The quantitative estimate of drug-likeness (QED) is 0.701. The van der Waals surface area contributed by atoms with Gasteiger partial charge in [-0.05, 0) is 36.8 Å². The molecule has 0 radical (unpaired) electrons. The summed E-state index contributed by atoms with van der Waals surface area (Å²) in [6, 6.07) is 11.0. The molecule has 0 spiro atoms. The zero-order valence-electron chi connectivity index (χ0n) is 15.4. The minimum absolute atomic E-state index is 0.213. The van der Waals surface area contributed by atoms with Crippen molar-refractivity contribution in [2.45, 2.75) is 6.92 Å². The van der Waals surface area contributed by atoms with Crippen LogP contribution in [0.3, 0.4) is 0 Å². The first-order valence-corrected chi connectivity index (χ1v) is 8.57. The van der Waals surface area contributed by atoms with E-state index in [1.165, 1.54) is 12.4 Å². The van der Waals surface area contributed by atoms with Gasteiger partial charge in [0, 0.05) is 24.1 Å².